The topological polar surface area (TPSA) is 110 Å². The fourth-order valence-electron chi connectivity index (χ4n) is 0.0645. The summed E-state index contributed by atoms with van der Waals surface area (Å²) in [6.45, 7) is 0.580. The number of rotatable bonds is 2. The van der Waals surface area contributed by atoms with Gasteiger partial charge in [0.2, 0.25) is 0 Å². The molecule has 0 saturated carbocycles. The highest BCUT2D eigenvalue weighted by molar-refractivity contribution is 4.24. The zero-order valence-corrected chi connectivity index (χ0v) is 4.09. The number of nitrogens with two attached hydrogens (primary N) is 3. The number of aliphatic hydroxyl groups is 1. The average Bonchev–Trinajstić information content (AvgIpc) is 1.75. The summed E-state index contributed by atoms with van der Waals surface area (Å²) in [5, 5.41) is 7.92. The summed E-state index contributed by atoms with van der Waals surface area (Å²) in [4.78, 5) is 0. The quantitative estimate of drug-likeness (QED) is 0.195. The largest absolute Gasteiger partial charge is 0.395 e. The molecule has 0 heterocycles. The van der Waals surface area contributed by atoms with Gasteiger partial charge in [0.25, 0.3) is 0 Å². The Hall–Kier alpha value is -0.200. The highest BCUT2D eigenvalue weighted by Gasteiger charge is 1.66. The lowest BCUT2D eigenvalue weighted by atomic mass is 10.7. The second-order valence-corrected chi connectivity index (χ2v) is 0.678. The number of aliphatic hydroxyl groups excluding tert-OH is 1. The van der Waals surface area contributed by atoms with Crippen LogP contribution in [0.2, 0.25) is 0 Å². The van der Waals surface area contributed by atoms with Crippen LogP contribution in [0.5, 0.6) is 0 Å². The van der Waals surface area contributed by atoms with Gasteiger partial charge in [0.1, 0.15) is 0 Å². The van der Waals surface area contributed by atoms with E-state index in [2.05, 4.69) is 17.1 Å². The molecule has 7 heavy (non-hydrogen) atoms. The maximum absolute atomic E-state index is 7.92. The van der Waals surface area contributed by atoms with Crippen LogP contribution in [0.15, 0.2) is 0 Å². The summed E-state index contributed by atoms with van der Waals surface area (Å²) < 4.78 is 0. The zero-order valence-electron chi connectivity index (χ0n) is 4.09. The van der Waals surface area contributed by atoms with E-state index in [0.717, 1.165) is 0 Å². The van der Waals surface area contributed by atoms with Crippen molar-refractivity contribution in [3.63, 3.8) is 0 Å². The smallest absolute Gasteiger partial charge is 0.0569 e. The Morgan fingerprint density at radius 1 is 1.43 bits per heavy atom. The zero-order chi connectivity index (χ0) is 6.12. The highest BCUT2D eigenvalue weighted by Crippen LogP contribution is 1.39. The van der Waals surface area contributed by atoms with Gasteiger partial charge in [-0.05, 0) is 0 Å². The minimum absolute atomic E-state index is 0.108. The van der Waals surface area contributed by atoms with E-state index < -0.39 is 0 Å². The minimum atomic E-state index is 0.108. The van der Waals surface area contributed by atoms with E-state index in [-0.39, 0.29) is 6.61 Å². The van der Waals surface area contributed by atoms with Gasteiger partial charge in [-0.2, -0.15) is 0 Å². The van der Waals surface area contributed by atoms with E-state index in [0.29, 0.717) is 6.54 Å². The van der Waals surface area contributed by atoms with Gasteiger partial charge < -0.3 is 5.11 Å². The summed E-state index contributed by atoms with van der Waals surface area (Å²) >= 11 is 0. The van der Waals surface area contributed by atoms with Crippen LogP contribution in [0.4, 0.5) is 0 Å². The summed E-state index contributed by atoms with van der Waals surface area (Å²) in [5.74, 6) is 12.7. The van der Waals surface area contributed by atoms with E-state index >= 15 is 0 Å². The molecule has 0 atom stereocenters. The van der Waals surface area contributed by atoms with Crippen LogP contribution in [0.25, 0.3) is 0 Å². The van der Waals surface area contributed by atoms with Crippen molar-refractivity contribution < 1.29 is 5.11 Å². The van der Waals surface area contributed by atoms with Crippen molar-refractivity contribution in [3.8, 4) is 0 Å². The van der Waals surface area contributed by atoms with Crippen LogP contribution >= 0.6 is 0 Å². The predicted molar refractivity (Wildman–Crippen MR) is 27.7 cm³/mol. The van der Waals surface area contributed by atoms with E-state index in [9.17, 15) is 0 Å². The first kappa shape index (κ1) is 9.93. The fraction of sp³-hybridized carbons (Fsp3) is 1.00. The van der Waals surface area contributed by atoms with Crippen molar-refractivity contribution in [1.29, 1.82) is 0 Å². The molecule has 0 aliphatic rings. The van der Waals surface area contributed by atoms with Crippen LogP contribution in [-0.2, 0) is 0 Å². The Balaban J connectivity index is 0. The normalized spacial score (nSPS) is 6.86. The van der Waals surface area contributed by atoms with E-state index in [4.69, 9.17) is 10.9 Å². The molecule has 0 saturated heterocycles. The van der Waals surface area contributed by atoms with E-state index in [1.807, 2.05) is 0 Å². The maximum atomic E-state index is 7.92. The van der Waals surface area contributed by atoms with Crippen molar-refractivity contribution in [2.24, 2.45) is 17.5 Å². The molecule has 0 aliphatic heterocycles. The van der Waals surface area contributed by atoms with Gasteiger partial charge in [-0.1, -0.05) is 0 Å². The standard InChI is InChI=1S/C2H8N2O.H4N2/c3-4-1-2-5;1-2/h4-5H,1-3H2;1-2H2. The first-order chi connectivity index (χ1) is 3.41. The first-order valence-electron chi connectivity index (χ1n) is 1.79. The molecule has 0 unspecified atom stereocenters. The highest BCUT2D eigenvalue weighted by atomic mass is 16.3. The van der Waals surface area contributed by atoms with Gasteiger partial charge in [-0.3, -0.25) is 23.0 Å². The van der Waals surface area contributed by atoms with Gasteiger partial charge in [-0.15, -0.1) is 0 Å². The van der Waals surface area contributed by atoms with Crippen molar-refractivity contribution in [2.45, 2.75) is 0 Å². The second-order valence-electron chi connectivity index (χ2n) is 0.678. The third-order valence-corrected chi connectivity index (χ3v) is 0.256. The van der Waals surface area contributed by atoms with Crippen LogP contribution in [-0.4, -0.2) is 18.3 Å². The molecule has 0 bridgehead atoms. The van der Waals surface area contributed by atoms with Gasteiger partial charge in [0, 0.05) is 6.54 Å². The summed E-state index contributed by atoms with van der Waals surface area (Å²) in [6, 6.07) is 0. The Kier molecular flexibility index (Phi) is 24.2. The Labute approximate surface area is 42.4 Å². The Morgan fingerprint density at radius 3 is 1.86 bits per heavy atom. The lowest BCUT2D eigenvalue weighted by molar-refractivity contribution is 0.293. The van der Waals surface area contributed by atoms with Gasteiger partial charge in [0.05, 0.1) is 6.61 Å². The molecular weight excluding hydrogens is 96.0 g/mol. The molecule has 0 amide bonds. The first-order valence-corrected chi connectivity index (χ1v) is 1.79. The van der Waals surface area contributed by atoms with Crippen molar-refractivity contribution in [1.82, 2.24) is 5.43 Å². The molecule has 0 rings (SSSR count). The van der Waals surface area contributed by atoms with Crippen LogP contribution in [0.1, 0.15) is 0 Å². The Bertz CT molecular complexity index is 17.2. The fourth-order valence-corrected chi connectivity index (χ4v) is 0.0645. The molecule has 5 heteroatoms. The van der Waals surface area contributed by atoms with Crippen LogP contribution in [0.3, 0.4) is 0 Å². The molecule has 46 valence electrons. The molecule has 0 aliphatic carbocycles. The summed E-state index contributed by atoms with van der Waals surface area (Å²) in [6.07, 6.45) is 0. The summed E-state index contributed by atoms with van der Waals surface area (Å²) in [5.41, 5.74) is 2.27. The molecule has 0 fully saturated rings. The van der Waals surface area contributed by atoms with Crippen molar-refractivity contribution in [2.75, 3.05) is 13.2 Å². The third-order valence-electron chi connectivity index (χ3n) is 0.256. The lowest BCUT2D eigenvalue weighted by Gasteiger charge is -1.84. The van der Waals surface area contributed by atoms with Crippen molar-refractivity contribution in [3.05, 3.63) is 0 Å². The van der Waals surface area contributed by atoms with Crippen molar-refractivity contribution >= 4 is 0 Å². The van der Waals surface area contributed by atoms with Crippen LogP contribution < -0.4 is 23.0 Å². The molecule has 0 radical (unpaired) electrons. The van der Waals surface area contributed by atoms with Gasteiger partial charge >= 0.3 is 0 Å². The van der Waals surface area contributed by atoms with E-state index in [1.165, 1.54) is 0 Å². The molecule has 0 aromatic heterocycles. The lowest BCUT2D eigenvalue weighted by Crippen LogP contribution is -2.24. The number of hydrazine groups is 2. The monoisotopic (exact) mass is 108 g/mol. The van der Waals surface area contributed by atoms with Gasteiger partial charge in [-0.25, -0.2) is 0 Å². The molecule has 0 aromatic carbocycles. The number of nitrogens with one attached hydrogen (secondary N) is 1. The Morgan fingerprint density at radius 2 is 1.86 bits per heavy atom. The maximum Gasteiger partial charge on any atom is 0.0569 e. The molecule has 0 spiro atoms. The minimum Gasteiger partial charge on any atom is -0.395 e. The average molecular weight is 108 g/mol. The second kappa shape index (κ2) is 17.0. The molecule has 0 aromatic rings. The summed E-state index contributed by atoms with van der Waals surface area (Å²) in [7, 11) is 0. The van der Waals surface area contributed by atoms with Gasteiger partial charge in [0.15, 0.2) is 0 Å². The molecule has 8 N–H and O–H groups in total. The third kappa shape index (κ3) is 25.8. The number of hydrogen-bond donors (Lipinski definition) is 5. The SMILES string of the molecule is NN.NNCCO. The van der Waals surface area contributed by atoms with E-state index in [1.54, 1.807) is 0 Å². The predicted octanol–water partition coefficient (Wildman–Crippen LogP) is -2.74. The van der Waals surface area contributed by atoms with Crippen LogP contribution in [0, 0.1) is 0 Å². The number of hydrogen-bond acceptors (Lipinski definition) is 5. The molecule has 5 nitrogen and oxygen atoms in total. The molecular formula is C2H12N4O.